The van der Waals surface area contributed by atoms with Crippen molar-refractivity contribution < 1.29 is 9.53 Å². The zero-order valence-corrected chi connectivity index (χ0v) is 17.4. The summed E-state index contributed by atoms with van der Waals surface area (Å²) in [5.41, 5.74) is 4.63. The van der Waals surface area contributed by atoms with Crippen molar-refractivity contribution in [1.82, 2.24) is 9.97 Å². The molecule has 5 nitrogen and oxygen atoms in total. The van der Waals surface area contributed by atoms with E-state index < -0.39 is 0 Å². The molecule has 2 aromatic carbocycles. The molecule has 0 fully saturated rings. The number of anilines is 1. The number of hydrogen-bond acceptors (Lipinski definition) is 5. The van der Waals surface area contributed by atoms with Crippen LogP contribution in [-0.4, -0.2) is 15.9 Å². The largest absolute Gasteiger partial charge is 0.487 e. The van der Waals surface area contributed by atoms with Gasteiger partial charge in [-0.05, 0) is 73.0 Å². The first-order valence-electron chi connectivity index (χ1n) is 9.59. The molecule has 4 aromatic rings. The lowest BCUT2D eigenvalue weighted by molar-refractivity contribution is 0.102. The van der Waals surface area contributed by atoms with Gasteiger partial charge in [0, 0.05) is 29.0 Å². The zero-order valence-electron chi connectivity index (χ0n) is 16.5. The maximum atomic E-state index is 12.5. The molecule has 4 rings (SSSR count). The van der Waals surface area contributed by atoms with Crippen LogP contribution in [0, 0.1) is 6.92 Å². The molecule has 30 heavy (non-hydrogen) atoms. The van der Waals surface area contributed by atoms with Crippen molar-refractivity contribution >= 4 is 22.9 Å². The van der Waals surface area contributed by atoms with Gasteiger partial charge in [0.1, 0.15) is 12.4 Å². The standard InChI is InChI=1S/C24H21N3O2S/c1-17-26-22(16-30-17)15-29-23-8-4-20(5-9-23)24(28)27-21-6-2-18(3-7-21)14-19-10-12-25-13-11-19/h2-13,16H,14-15H2,1H3,(H,27,28). The van der Waals surface area contributed by atoms with Crippen molar-refractivity contribution in [1.29, 1.82) is 0 Å². The number of benzene rings is 2. The average molecular weight is 416 g/mol. The molecule has 0 aliphatic heterocycles. The second-order valence-electron chi connectivity index (χ2n) is 6.85. The van der Waals surface area contributed by atoms with Crippen LogP contribution in [0.15, 0.2) is 78.4 Å². The number of ether oxygens (including phenoxy) is 1. The smallest absolute Gasteiger partial charge is 0.255 e. The van der Waals surface area contributed by atoms with Gasteiger partial charge in [0.15, 0.2) is 0 Å². The molecule has 0 saturated carbocycles. The number of pyridine rings is 1. The number of nitrogens with zero attached hydrogens (tertiary/aromatic N) is 2. The summed E-state index contributed by atoms with van der Waals surface area (Å²) in [4.78, 5) is 20.9. The van der Waals surface area contributed by atoms with E-state index in [-0.39, 0.29) is 5.91 Å². The fraction of sp³-hybridized carbons (Fsp3) is 0.125. The summed E-state index contributed by atoms with van der Waals surface area (Å²) in [6.07, 6.45) is 4.42. The van der Waals surface area contributed by atoms with Gasteiger partial charge in [0.25, 0.3) is 5.91 Å². The number of nitrogens with one attached hydrogen (secondary N) is 1. The predicted molar refractivity (Wildman–Crippen MR) is 119 cm³/mol. The summed E-state index contributed by atoms with van der Waals surface area (Å²) < 4.78 is 5.73. The molecule has 2 aromatic heterocycles. The number of carbonyl (C=O) groups excluding carboxylic acids is 1. The second kappa shape index (κ2) is 9.33. The first-order chi connectivity index (χ1) is 14.7. The molecule has 0 saturated heterocycles. The van der Waals surface area contributed by atoms with E-state index in [1.807, 2.05) is 48.7 Å². The Labute approximate surface area is 179 Å². The van der Waals surface area contributed by atoms with E-state index in [0.717, 1.165) is 22.8 Å². The highest BCUT2D eigenvalue weighted by atomic mass is 32.1. The molecular weight excluding hydrogens is 394 g/mol. The average Bonchev–Trinajstić information content (AvgIpc) is 3.20. The fourth-order valence-corrected chi connectivity index (χ4v) is 3.58. The Bertz CT molecular complexity index is 1110. The molecule has 0 aliphatic rings. The molecule has 0 radical (unpaired) electrons. The molecule has 1 N–H and O–H groups in total. The highest BCUT2D eigenvalue weighted by molar-refractivity contribution is 7.09. The monoisotopic (exact) mass is 415 g/mol. The van der Waals surface area contributed by atoms with Crippen molar-refractivity contribution in [2.45, 2.75) is 20.0 Å². The Morgan fingerprint density at radius 2 is 1.67 bits per heavy atom. The lowest BCUT2D eigenvalue weighted by Crippen LogP contribution is -2.11. The molecule has 1 amide bonds. The van der Waals surface area contributed by atoms with Crippen LogP contribution in [0.2, 0.25) is 0 Å². The van der Waals surface area contributed by atoms with Gasteiger partial charge in [-0.15, -0.1) is 11.3 Å². The minimum absolute atomic E-state index is 0.154. The van der Waals surface area contributed by atoms with E-state index in [1.54, 1.807) is 48.0 Å². The van der Waals surface area contributed by atoms with Gasteiger partial charge in [-0.25, -0.2) is 4.98 Å². The lowest BCUT2D eigenvalue weighted by atomic mass is 10.1. The van der Waals surface area contributed by atoms with Gasteiger partial charge in [0.2, 0.25) is 0 Å². The Kier molecular flexibility index (Phi) is 6.15. The molecule has 150 valence electrons. The first-order valence-corrected chi connectivity index (χ1v) is 10.5. The number of rotatable bonds is 7. The van der Waals surface area contributed by atoms with E-state index in [2.05, 4.69) is 15.3 Å². The Morgan fingerprint density at radius 1 is 0.967 bits per heavy atom. The van der Waals surface area contributed by atoms with Crippen molar-refractivity contribution in [3.8, 4) is 5.75 Å². The van der Waals surface area contributed by atoms with Crippen LogP contribution < -0.4 is 10.1 Å². The number of hydrogen-bond donors (Lipinski definition) is 1. The zero-order chi connectivity index (χ0) is 20.8. The molecule has 2 heterocycles. The van der Waals surface area contributed by atoms with E-state index >= 15 is 0 Å². The van der Waals surface area contributed by atoms with E-state index in [1.165, 1.54) is 11.1 Å². The van der Waals surface area contributed by atoms with Crippen molar-refractivity contribution in [3.63, 3.8) is 0 Å². The number of thiazole rings is 1. The summed E-state index contributed by atoms with van der Waals surface area (Å²) >= 11 is 1.60. The van der Waals surface area contributed by atoms with Gasteiger partial charge >= 0.3 is 0 Å². The highest BCUT2D eigenvalue weighted by Gasteiger charge is 2.07. The maximum absolute atomic E-state index is 12.5. The second-order valence-corrected chi connectivity index (χ2v) is 7.92. The van der Waals surface area contributed by atoms with Crippen LogP contribution in [0.3, 0.4) is 0 Å². The summed E-state index contributed by atoms with van der Waals surface area (Å²) in [6.45, 7) is 2.39. The summed E-state index contributed by atoms with van der Waals surface area (Å²) in [5.74, 6) is 0.552. The van der Waals surface area contributed by atoms with Crippen LogP contribution in [0.25, 0.3) is 0 Å². The van der Waals surface area contributed by atoms with Crippen LogP contribution in [0.1, 0.15) is 32.2 Å². The summed E-state index contributed by atoms with van der Waals surface area (Å²) in [5, 5.41) is 5.94. The number of aromatic nitrogens is 2. The normalized spacial score (nSPS) is 10.6. The molecular formula is C24H21N3O2S. The third kappa shape index (κ3) is 5.30. The van der Waals surface area contributed by atoms with E-state index in [0.29, 0.717) is 17.9 Å². The van der Waals surface area contributed by atoms with Crippen molar-refractivity contribution in [2.24, 2.45) is 0 Å². The maximum Gasteiger partial charge on any atom is 0.255 e. The third-order valence-corrected chi connectivity index (χ3v) is 5.36. The number of aryl methyl sites for hydroxylation is 1. The topological polar surface area (TPSA) is 64.1 Å². The van der Waals surface area contributed by atoms with E-state index in [4.69, 9.17) is 4.74 Å². The molecule has 6 heteroatoms. The third-order valence-electron chi connectivity index (χ3n) is 4.54. The summed E-state index contributed by atoms with van der Waals surface area (Å²) in [7, 11) is 0. The summed E-state index contributed by atoms with van der Waals surface area (Å²) in [6, 6.07) is 19.0. The Hall–Kier alpha value is -3.51. The van der Waals surface area contributed by atoms with Gasteiger partial charge in [-0.2, -0.15) is 0 Å². The van der Waals surface area contributed by atoms with Gasteiger partial charge in [0.05, 0.1) is 10.7 Å². The van der Waals surface area contributed by atoms with Gasteiger partial charge in [-0.1, -0.05) is 12.1 Å². The van der Waals surface area contributed by atoms with Crippen LogP contribution in [0.4, 0.5) is 5.69 Å². The molecule has 0 bridgehead atoms. The Balaban J connectivity index is 1.32. The first kappa shape index (κ1) is 19.8. The van der Waals surface area contributed by atoms with Crippen LogP contribution in [-0.2, 0) is 13.0 Å². The van der Waals surface area contributed by atoms with Crippen molar-refractivity contribution in [2.75, 3.05) is 5.32 Å². The minimum atomic E-state index is -0.154. The van der Waals surface area contributed by atoms with Gasteiger partial charge < -0.3 is 10.1 Å². The highest BCUT2D eigenvalue weighted by Crippen LogP contribution is 2.18. The Morgan fingerprint density at radius 3 is 2.33 bits per heavy atom. The number of amides is 1. The molecule has 0 unspecified atom stereocenters. The van der Waals surface area contributed by atoms with Gasteiger partial charge in [-0.3, -0.25) is 9.78 Å². The number of carbonyl (C=O) groups is 1. The van der Waals surface area contributed by atoms with Crippen LogP contribution in [0.5, 0.6) is 5.75 Å². The fourth-order valence-electron chi connectivity index (χ4n) is 2.98. The quantitative estimate of drug-likeness (QED) is 0.447. The molecule has 0 atom stereocenters. The van der Waals surface area contributed by atoms with Crippen molar-refractivity contribution in [3.05, 3.63) is 106 Å². The minimum Gasteiger partial charge on any atom is -0.487 e. The molecule has 0 spiro atoms. The van der Waals surface area contributed by atoms with Crippen LogP contribution >= 0.6 is 11.3 Å². The predicted octanol–water partition coefficient (Wildman–Crippen LogP) is 5.27. The SMILES string of the molecule is Cc1nc(COc2ccc(C(=O)Nc3ccc(Cc4ccncc4)cc3)cc2)cs1. The van der Waals surface area contributed by atoms with E-state index in [9.17, 15) is 4.79 Å². The molecule has 0 aliphatic carbocycles. The lowest BCUT2D eigenvalue weighted by Gasteiger charge is -2.08.